The van der Waals surface area contributed by atoms with Crippen LogP contribution in [0.3, 0.4) is 0 Å². The molecule has 118 valence electrons. The fraction of sp³-hybridized carbons (Fsp3) is 0.667. The third-order valence-corrected chi connectivity index (χ3v) is 3.59. The van der Waals surface area contributed by atoms with Gasteiger partial charge < -0.3 is 20.6 Å². The molecule has 1 aromatic rings. The quantitative estimate of drug-likeness (QED) is 0.645. The van der Waals surface area contributed by atoms with E-state index in [0.717, 1.165) is 12.3 Å². The van der Waals surface area contributed by atoms with E-state index in [2.05, 4.69) is 15.3 Å². The fourth-order valence-corrected chi connectivity index (χ4v) is 2.36. The Hall–Kier alpha value is -1.45. The SMILES string of the molecule is OC[C@H]1CC[C@H](Nc2nccc(C(F)(F)F)n2)[C@@H](O)[C@H]1O. The smallest absolute Gasteiger partial charge is 0.396 e. The van der Waals surface area contributed by atoms with Gasteiger partial charge in [-0.1, -0.05) is 0 Å². The van der Waals surface area contributed by atoms with Crippen LogP contribution in [0.5, 0.6) is 0 Å². The molecule has 1 aromatic heterocycles. The van der Waals surface area contributed by atoms with E-state index in [-0.39, 0.29) is 12.6 Å². The van der Waals surface area contributed by atoms with Crippen molar-refractivity contribution in [3.63, 3.8) is 0 Å². The Morgan fingerprint density at radius 1 is 1.24 bits per heavy atom. The van der Waals surface area contributed by atoms with Gasteiger partial charge in [-0.3, -0.25) is 0 Å². The van der Waals surface area contributed by atoms with E-state index in [1.165, 1.54) is 0 Å². The number of aliphatic hydroxyl groups is 3. The molecular formula is C12H16F3N3O3. The number of nitrogens with one attached hydrogen (secondary N) is 1. The number of aliphatic hydroxyl groups excluding tert-OH is 3. The highest BCUT2D eigenvalue weighted by molar-refractivity contribution is 5.28. The topological polar surface area (TPSA) is 98.5 Å². The fourth-order valence-electron chi connectivity index (χ4n) is 2.36. The number of rotatable bonds is 3. The molecule has 0 unspecified atom stereocenters. The van der Waals surface area contributed by atoms with Crippen LogP contribution in [0.25, 0.3) is 0 Å². The molecule has 1 heterocycles. The van der Waals surface area contributed by atoms with Crippen molar-refractivity contribution in [2.45, 2.75) is 37.3 Å². The zero-order chi connectivity index (χ0) is 15.6. The third-order valence-electron chi connectivity index (χ3n) is 3.59. The summed E-state index contributed by atoms with van der Waals surface area (Å²) in [5.74, 6) is -0.705. The van der Waals surface area contributed by atoms with E-state index in [4.69, 9.17) is 5.11 Å². The number of alkyl halides is 3. The van der Waals surface area contributed by atoms with Gasteiger partial charge in [-0.15, -0.1) is 0 Å². The second kappa shape index (κ2) is 6.12. The Morgan fingerprint density at radius 2 is 1.95 bits per heavy atom. The summed E-state index contributed by atoms with van der Waals surface area (Å²) in [5, 5.41) is 31.4. The molecule has 0 aromatic carbocycles. The predicted octanol–water partition coefficient (Wildman–Crippen LogP) is 0.400. The van der Waals surface area contributed by atoms with Crippen LogP contribution >= 0.6 is 0 Å². The highest BCUT2D eigenvalue weighted by atomic mass is 19.4. The maximum absolute atomic E-state index is 12.5. The van der Waals surface area contributed by atoms with Gasteiger partial charge in [-0.25, -0.2) is 9.97 Å². The van der Waals surface area contributed by atoms with Gasteiger partial charge >= 0.3 is 6.18 Å². The second-order valence-electron chi connectivity index (χ2n) is 5.02. The lowest BCUT2D eigenvalue weighted by Gasteiger charge is -2.37. The van der Waals surface area contributed by atoms with E-state index in [1.54, 1.807) is 0 Å². The summed E-state index contributed by atoms with van der Waals surface area (Å²) >= 11 is 0. The van der Waals surface area contributed by atoms with E-state index >= 15 is 0 Å². The summed E-state index contributed by atoms with van der Waals surface area (Å²) in [6.45, 7) is -0.259. The van der Waals surface area contributed by atoms with Gasteiger partial charge in [0.25, 0.3) is 0 Å². The highest BCUT2D eigenvalue weighted by Crippen LogP contribution is 2.29. The molecule has 4 atom stereocenters. The summed E-state index contributed by atoms with van der Waals surface area (Å²) in [6, 6.07) is 0.0744. The summed E-state index contributed by atoms with van der Waals surface area (Å²) in [5.41, 5.74) is -1.08. The largest absolute Gasteiger partial charge is 0.433 e. The second-order valence-corrected chi connectivity index (χ2v) is 5.02. The van der Waals surface area contributed by atoms with E-state index < -0.39 is 36.0 Å². The van der Waals surface area contributed by atoms with Crippen LogP contribution in [0, 0.1) is 5.92 Å². The van der Waals surface area contributed by atoms with Gasteiger partial charge in [0, 0.05) is 18.7 Å². The molecule has 1 fully saturated rings. The minimum absolute atomic E-state index is 0.259. The normalized spacial score (nSPS) is 30.2. The number of aromatic nitrogens is 2. The Morgan fingerprint density at radius 3 is 2.57 bits per heavy atom. The molecule has 1 aliphatic rings. The average molecular weight is 307 g/mol. The monoisotopic (exact) mass is 307 g/mol. The standard InChI is InChI=1S/C12H16F3N3O3/c13-12(14,15)8-3-4-16-11(18-8)17-7-2-1-6(5-19)9(20)10(7)21/h3-4,6-7,9-10,19-21H,1-2,5H2,(H,16,17,18)/t6-,7+,9+,10-/m1/s1. The van der Waals surface area contributed by atoms with Gasteiger partial charge in [-0.05, 0) is 18.9 Å². The Kier molecular flexibility index (Phi) is 4.64. The molecule has 1 saturated carbocycles. The summed E-state index contributed by atoms with van der Waals surface area (Å²) in [7, 11) is 0. The average Bonchev–Trinajstić information content (AvgIpc) is 2.44. The Labute approximate surface area is 118 Å². The number of nitrogens with zero attached hydrogens (tertiary/aromatic N) is 2. The molecule has 21 heavy (non-hydrogen) atoms. The maximum atomic E-state index is 12.5. The van der Waals surface area contributed by atoms with Gasteiger partial charge in [0.15, 0.2) is 0 Å². The molecule has 0 bridgehead atoms. The van der Waals surface area contributed by atoms with Crippen LogP contribution in [0.2, 0.25) is 0 Å². The van der Waals surface area contributed by atoms with Crippen molar-refractivity contribution in [3.8, 4) is 0 Å². The molecule has 2 rings (SSSR count). The zero-order valence-electron chi connectivity index (χ0n) is 11.0. The first kappa shape index (κ1) is 15.9. The van der Waals surface area contributed by atoms with Gasteiger partial charge in [0.05, 0.1) is 12.1 Å². The van der Waals surface area contributed by atoms with Crippen LogP contribution in [0.1, 0.15) is 18.5 Å². The van der Waals surface area contributed by atoms with Crippen molar-refractivity contribution in [2.75, 3.05) is 11.9 Å². The first-order valence-electron chi connectivity index (χ1n) is 6.46. The van der Waals surface area contributed by atoms with Crippen molar-refractivity contribution in [1.29, 1.82) is 0 Å². The van der Waals surface area contributed by atoms with E-state index in [0.29, 0.717) is 12.8 Å². The third kappa shape index (κ3) is 3.60. The van der Waals surface area contributed by atoms with Crippen LogP contribution in [-0.2, 0) is 6.18 Å². The molecular weight excluding hydrogens is 291 g/mol. The Balaban J connectivity index is 2.08. The highest BCUT2D eigenvalue weighted by Gasteiger charge is 2.38. The predicted molar refractivity (Wildman–Crippen MR) is 66.3 cm³/mol. The van der Waals surface area contributed by atoms with E-state index in [1.807, 2.05) is 0 Å². The minimum atomic E-state index is -4.58. The lowest BCUT2D eigenvalue weighted by Crippen LogP contribution is -2.50. The number of hydrogen-bond donors (Lipinski definition) is 4. The number of anilines is 1. The molecule has 0 saturated heterocycles. The van der Waals surface area contributed by atoms with Crippen molar-refractivity contribution in [2.24, 2.45) is 5.92 Å². The Bertz CT molecular complexity index is 486. The van der Waals surface area contributed by atoms with Crippen LogP contribution in [0.15, 0.2) is 12.3 Å². The first-order valence-corrected chi connectivity index (χ1v) is 6.46. The molecule has 9 heteroatoms. The molecule has 0 amide bonds. The molecule has 0 radical (unpaired) electrons. The first-order chi connectivity index (χ1) is 9.82. The van der Waals surface area contributed by atoms with Crippen LogP contribution in [0.4, 0.5) is 19.1 Å². The summed E-state index contributed by atoms with van der Waals surface area (Å²) in [4.78, 5) is 7.03. The number of hydrogen-bond acceptors (Lipinski definition) is 6. The van der Waals surface area contributed by atoms with Crippen molar-refractivity contribution >= 4 is 5.95 Å². The minimum Gasteiger partial charge on any atom is -0.396 e. The van der Waals surface area contributed by atoms with Crippen LogP contribution in [-0.4, -0.2) is 50.1 Å². The lowest BCUT2D eigenvalue weighted by molar-refractivity contribution is -0.141. The summed E-state index contributed by atoms with van der Waals surface area (Å²) in [6.07, 6.45) is -5.15. The molecule has 0 spiro atoms. The molecule has 0 aliphatic heterocycles. The van der Waals surface area contributed by atoms with Gasteiger partial charge in [0.1, 0.15) is 11.8 Å². The van der Waals surface area contributed by atoms with Crippen molar-refractivity contribution in [1.82, 2.24) is 9.97 Å². The van der Waals surface area contributed by atoms with E-state index in [9.17, 15) is 23.4 Å². The zero-order valence-corrected chi connectivity index (χ0v) is 11.0. The van der Waals surface area contributed by atoms with Crippen LogP contribution < -0.4 is 5.32 Å². The van der Waals surface area contributed by atoms with Gasteiger partial charge in [-0.2, -0.15) is 13.2 Å². The maximum Gasteiger partial charge on any atom is 0.433 e. The molecule has 6 nitrogen and oxygen atoms in total. The van der Waals surface area contributed by atoms with Gasteiger partial charge in [0.2, 0.25) is 5.95 Å². The van der Waals surface area contributed by atoms with Crippen molar-refractivity contribution in [3.05, 3.63) is 18.0 Å². The molecule has 1 aliphatic carbocycles. The lowest BCUT2D eigenvalue weighted by atomic mass is 9.82. The summed E-state index contributed by atoms with van der Waals surface area (Å²) < 4.78 is 37.6. The molecule has 4 N–H and O–H groups in total. The number of halogens is 3. The van der Waals surface area contributed by atoms with Crippen molar-refractivity contribution < 1.29 is 28.5 Å².